The largest absolute Gasteiger partial charge is 1.00 e. The smallest absolute Gasteiger partial charge is 0.100 e. The fourth-order valence-electron chi connectivity index (χ4n) is 2.21. The summed E-state index contributed by atoms with van der Waals surface area (Å²) in [6, 6.07) is 8.08. The second-order valence-corrected chi connectivity index (χ2v) is 5.28. The van der Waals surface area contributed by atoms with E-state index < -0.39 is 0 Å². The predicted molar refractivity (Wildman–Crippen MR) is 75.1 cm³/mol. The minimum absolute atomic E-state index is 0. The number of nitrogens with two attached hydrogens (primary N) is 1. The molecular weight excluding hydrogens is 262 g/mol. The molecule has 1 heterocycles. The predicted octanol–water partition coefficient (Wildman–Crippen LogP) is -2.99. The van der Waals surface area contributed by atoms with Crippen LogP contribution < -0.4 is 27.9 Å². The van der Waals surface area contributed by atoms with Gasteiger partial charge in [0.25, 0.3) is 0 Å². The molecule has 0 saturated carbocycles. The van der Waals surface area contributed by atoms with Crippen molar-refractivity contribution in [2.24, 2.45) is 0 Å². The normalized spacial score (nSPS) is 18.7. The molecule has 1 unspecified atom stereocenters. The van der Waals surface area contributed by atoms with Gasteiger partial charge in [-0.3, -0.25) is 0 Å². The van der Waals surface area contributed by atoms with E-state index >= 15 is 0 Å². The summed E-state index contributed by atoms with van der Waals surface area (Å²) < 4.78 is 5.90. The summed E-state index contributed by atoms with van der Waals surface area (Å²) in [5.74, 6) is 0. The Morgan fingerprint density at radius 1 is 1.32 bits per heavy atom. The molecule has 1 atom stereocenters. The minimum Gasteiger partial charge on any atom is -1.00 e. The Hall–Kier alpha value is -0.970. The second-order valence-electron chi connectivity index (χ2n) is 5.28. The fraction of sp³-hybridized carbons (Fsp3) is 0.571. The van der Waals surface area contributed by atoms with Gasteiger partial charge in [0.2, 0.25) is 0 Å². The Balaban J connectivity index is 0.00000180. The van der Waals surface area contributed by atoms with E-state index in [0.717, 1.165) is 38.3 Å². The molecule has 1 saturated heterocycles. The van der Waals surface area contributed by atoms with Gasteiger partial charge in [-0.25, -0.2) is 0 Å². The van der Waals surface area contributed by atoms with Crippen molar-refractivity contribution in [2.45, 2.75) is 12.5 Å². The third kappa shape index (κ3) is 4.90. The average molecular weight is 286 g/mol. The maximum absolute atomic E-state index is 5.90. The van der Waals surface area contributed by atoms with Crippen molar-refractivity contribution >= 4 is 11.4 Å². The third-order valence-electron chi connectivity index (χ3n) is 3.36. The molecule has 0 radical (unpaired) electrons. The summed E-state index contributed by atoms with van der Waals surface area (Å²) in [6.45, 7) is 3.98. The summed E-state index contributed by atoms with van der Waals surface area (Å²) in [6.07, 6.45) is 1.49. The molecular formula is C14H24ClN3O. The van der Waals surface area contributed by atoms with E-state index in [9.17, 15) is 0 Å². The molecule has 0 amide bonds. The molecule has 0 aliphatic carbocycles. The van der Waals surface area contributed by atoms with Crippen LogP contribution in [-0.4, -0.2) is 46.4 Å². The number of halogens is 1. The molecule has 1 aromatic rings. The molecule has 1 aliphatic heterocycles. The highest BCUT2D eigenvalue weighted by molar-refractivity contribution is 5.53. The zero-order valence-electron chi connectivity index (χ0n) is 11.7. The lowest BCUT2D eigenvalue weighted by Crippen LogP contribution is -3.06. The number of benzene rings is 1. The Morgan fingerprint density at radius 3 is 2.63 bits per heavy atom. The Bertz CT molecular complexity index is 369. The lowest BCUT2D eigenvalue weighted by Gasteiger charge is -2.19. The third-order valence-corrected chi connectivity index (χ3v) is 3.36. The quantitative estimate of drug-likeness (QED) is 0.567. The number of hydrogen-bond donors (Lipinski definition) is 2. The number of nitrogens with one attached hydrogen (secondary N) is 1. The summed E-state index contributed by atoms with van der Waals surface area (Å²) in [5.41, 5.74) is 7.76. The van der Waals surface area contributed by atoms with Gasteiger partial charge in [-0.05, 0) is 30.7 Å². The first kappa shape index (κ1) is 16.1. The number of rotatable bonds is 5. The highest BCUT2D eigenvalue weighted by Gasteiger charge is 2.23. The molecule has 4 nitrogen and oxygen atoms in total. The lowest BCUT2D eigenvalue weighted by atomic mass is 10.2. The Morgan fingerprint density at radius 2 is 2.00 bits per heavy atom. The van der Waals surface area contributed by atoms with E-state index in [1.165, 1.54) is 10.6 Å². The first-order chi connectivity index (χ1) is 8.65. The van der Waals surface area contributed by atoms with Crippen LogP contribution in [0.1, 0.15) is 6.42 Å². The monoisotopic (exact) mass is 285 g/mol. The molecule has 2 rings (SSSR count). The molecule has 0 aromatic heterocycles. The lowest BCUT2D eigenvalue weighted by molar-refractivity contribution is -0.858. The molecule has 1 fully saturated rings. The minimum atomic E-state index is 0. The van der Waals surface area contributed by atoms with Crippen LogP contribution in [0.25, 0.3) is 0 Å². The maximum atomic E-state index is 5.90. The zero-order valence-corrected chi connectivity index (χ0v) is 12.5. The molecule has 108 valence electrons. The van der Waals surface area contributed by atoms with Gasteiger partial charge < -0.3 is 32.7 Å². The number of likely N-dealkylation sites (N-methyl/N-ethyl adjacent to an activating group) is 1. The van der Waals surface area contributed by atoms with Crippen molar-refractivity contribution in [3.63, 3.8) is 0 Å². The highest BCUT2D eigenvalue weighted by Crippen LogP contribution is 2.22. The standard InChI is InChI=1S/C14H23N3O.ClH/c1-16(2)9-10-18-14-7-8-17(11-14)13-5-3-12(15)4-6-13;/h3-6,14H,7-11,15H2,1-2H3;1H. The van der Waals surface area contributed by atoms with Crippen molar-refractivity contribution < 1.29 is 22.0 Å². The van der Waals surface area contributed by atoms with E-state index in [1.807, 2.05) is 12.1 Å². The molecule has 3 N–H and O–H groups in total. The van der Waals surface area contributed by atoms with Gasteiger partial charge in [0, 0.05) is 24.5 Å². The average Bonchev–Trinajstić information content (AvgIpc) is 2.78. The van der Waals surface area contributed by atoms with Crippen LogP contribution in [0, 0.1) is 0 Å². The van der Waals surface area contributed by atoms with E-state index in [4.69, 9.17) is 10.5 Å². The summed E-state index contributed by atoms with van der Waals surface area (Å²) in [7, 11) is 4.30. The second kappa shape index (κ2) is 7.58. The Labute approximate surface area is 121 Å². The van der Waals surface area contributed by atoms with Crippen LogP contribution in [-0.2, 0) is 4.74 Å². The topological polar surface area (TPSA) is 42.9 Å². The SMILES string of the molecule is C[NH+](C)CCOC1CCN(c2ccc(N)cc2)C1.[Cl-]. The first-order valence-electron chi connectivity index (χ1n) is 6.66. The number of nitrogens with zero attached hydrogens (tertiary/aromatic N) is 1. The maximum Gasteiger partial charge on any atom is 0.100 e. The number of nitrogen functional groups attached to an aromatic ring is 1. The van der Waals surface area contributed by atoms with E-state index in [-0.39, 0.29) is 12.4 Å². The number of anilines is 2. The van der Waals surface area contributed by atoms with Crippen molar-refractivity contribution in [1.82, 2.24) is 0 Å². The van der Waals surface area contributed by atoms with E-state index in [1.54, 1.807) is 0 Å². The molecule has 0 spiro atoms. The van der Waals surface area contributed by atoms with Gasteiger partial charge in [0.05, 0.1) is 26.8 Å². The van der Waals surface area contributed by atoms with Crippen molar-refractivity contribution in [3.05, 3.63) is 24.3 Å². The van der Waals surface area contributed by atoms with Crippen molar-refractivity contribution in [3.8, 4) is 0 Å². The van der Waals surface area contributed by atoms with Crippen LogP contribution in [0.2, 0.25) is 0 Å². The van der Waals surface area contributed by atoms with Crippen LogP contribution in [0.4, 0.5) is 11.4 Å². The van der Waals surface area contributed by atoms with Crippen LogP contribution >= 0.6 is 0 Å². The highest BCUT2D eigenvalue weighted by atomic mass is 35.5. The fourth-order valence-corrected chi connectivity index (χ4v) is 2.21. The zero-order chi connectivity index (χ0) is 13.0. The number of hydrogen-bond acceptors (Lipinski definition) is 3. The van der Waals surface area contributed by atoms with Crippen LogP contribution in [0.3, 0.4) is 0 Å². The Kier molecular flexibility index (Phi) is 6.42. The van der Waals surface area contributed by atoms with Gasteiger partial charge in [0.15, 0.2) is 0 Å². The first-order valence-corrected chi connectivity index (χ1v) is 6.66. The van der Waals surface area contributed by atoms with E-state index in [0.29, 0.717) is 6.10 Å². The van der Waals surface area contributed by atoms with Gasteiger partial charge >= 0.3 is 0 Å². The van der Waals surface area contributed by atoms with Crippen LogP contribution in [0.5, 0.6) is 0 Å². The van der Waals surface area contributed by atoms with Crippen LogP contribution in [0.15, 0.2) is 24.3 Å². The number of quaternary nitrogens is 1. The number of ether oxygens (including phenoxy) is 1. The molecule has 1 aliphatic rings. The summed E-state index contributed by atoms with van der Waals surface area (Å²) in [4.78, 5) is 3.80. The van der Waals surface area contributed by atoms with E-state index in [2.05, 4.69) is 31.1 Å². The summed E-state index contributed by atoms with van der Waals surface area (Å²) in [5, 5.41) is 0. The molecule has 0 bridgehead atoms. The van der Waals surface area contributed by atoms with Gasteiger partial charge in [-0.2, -0.15) is 0 Å². The van der Waals surface area contributed by atoms with Crippen molar-refractivity contribution in [1.29, 1.82) is 0 Å². The van der Waals surface area contributed by atoms with Crippen molar-refractivity contribution in [2.75, 3.05) is 51.0 Å². The molecule has 1 aromatic carbocycles. The molecule has 5 heteroatoms. The summed E-state index contributed by atoms with van der Waals surface area (Å²) >= 11 is 0. The van der Waals surface area contributed by atoms with Gasteiger partial charge in [-0.15, -0.1) is 0 Å². The van der Waals surface area contributed by atoms with Gasteiger partial charge in [0.1, 0.15) is 6.54 Å². The molecule has 19 heavy (non-hydrogen) atoms. The van der Waals surface area contributed by atoms with Gasteiger partial charge in [-0.1, -0.05) is 0 Å².